The van der Waals surface area contributed by atoms with Gasteiger partial charge in [0.15, 0.2) is 0 Å². The molecule has 3 atom stereocenters. The minimum Gasteiger partial charge on any atom is -0.462 e. The first kappa shape index (κ1) is 55.8. The molecule has 0 fully saturated rings. The van der Waals surface area contributed by atoms with Gasteiger partial charge in [-0.3, -0.25) is 9.59 Å². The summed E-state index contributed by atoms with van der Waals surface area (Å²) in [7, 11) is 0. The average molecular weight is 814 g/mol. The van der Waals surface area contributed by atoms with Gasteiger partial charge in [0.25, 0.3) is 0 Å². The Morgan fingerprint density at radius 3 is 1.31 bits per heavy atom. The number of amides is 1. The first-order valence-corrected chi connectivity index (χ1v) is 24.9. The van der Waals surface area contributed by atoms with E-state index in [0.717, 1.165) is 70.6 Å². The molecule has 0 aliphatic heterocycles. The van der Waals surface area contributed by atoms with Crippen LogP contribution in [0.1, 0.15) is 245 Å². The highest BCUT2D eigenvalue weighted by molar-refractivity contribution is 5.77. The smallest absolute Gasteiger partial charge is 0.306 e. The molecule has 58 heavy (non-hydrogen) atoms. The van der Waals surface area contributed by atoms with Crippen LogP contribution in [0.4, 0.5) is 0 Å². The Morgan fingerprint density at radius 2 is 0.879 bits per heavy atom. The largest absolute Gasteiger partial charge is 0.462 e. The van der Waals surface area contributed by atoms with E-state index in [1.165, 1.54) is 128 Å². The van der Waals surface area contributed by atoms with Crippen LogP contribution in [0.3, 0.4) is 0 Å². The number of esters is 1. The Hall–Kier alpha value is -2.18. The maximum atomic E-state index is 13.1. The Labute approximate surface area is 359 Å². The molecule has 1 amide bonds. The summed E-state index contributed by atoms with van der Waals surface area (Å²) >= 11 is 0. The van der Waals surface area contributed by atoms with Crippen molar-refractivity contribution in [2.24, 2.45) is 0 Å². The lowest BCUT2D eigenvalue weighted by Gasteiger charge is -2.24. The molecule has 0 saturated heterocycles. The van der Waals surface area contributed by atoms with Gasteiger partial charge in [0.1, 0.15) is 6.10 Å². The molecule has 0 aliphatic carbocycles. The lowest BCUT2D eigenvalue weighted by atomic mass is 10.0. The Balaban J connectivity index is 4.69. The monoisotopic (exact) mass is 814 g/mol. The molecule has 0 aromatic carbocycles. The summed E-state index contributed by atoms with van der Waals surface area (Å²) in [5.74, 6) is -0.551. The number of ether oxygens (including phenoxy) is 1. The van der Waals surface area contributed by atoms with Crippen molar-refractivity contribution in [3.05, 3.63) is 48.6 Å². The Bertz CT molecular complexity index is 1000. The quantitative estimate of drug-likeness (QED) is 0.0323. The zero-order chi connectivity index (χ0) is 42.4. The molecule has 0 saturated carbocycles. The third kappa shape index (κ3) is 40.6. The summed E-state index contributed by atoms with van der Waals surface area (Å²) in [6.07, 6.45) is 54.6. The fourth-order valence-electron chi connectivity index (χ4n) is 7.36. The van der Waals surface area contributed by atoms with E-state index < -0.39 is 18.2 Å². The summed E-state index contributed by atoms with van der Waals surface area (Å²) in [4.78, 5) is 26.0. The molecule has 0 spiro atoms. The van der Waals surface area contributed by atoms with Gasteiger partial charge in [0.05, 0.1) is 25.2 Å². The van der Waals surface area contributed by atoms with Gasteiger partial charge >= 0.3 is 5.97 Å². The van der Waals surface area contributed by atoms with Crippen molar-refractivity contribution in [1.29, 1.82) is 0 Å². The van der Waals surface area contributed by atoms with Gasteiger partial charge in [0.2, 0.25) is 5.91 Å². The van der Waals surface area contributed by atoms with Gasteiger partial charge < -0.3 is 20.3 Å². The van der Waals surface area contributed by atoms with E-state index in [0.29, 0.717) is 19.3 Å². The molecule has 0 rings (SSSR count). The first-order chi connectivity index (χ1) is 28.5. The van der Waals surface area contributed by atoms with Crippen LogP contribution in [0, 0.1) is 0 Å². The van der Waals surface area contributed by atoms with E-state index in [9.17, 15) is 19.8 Å². The number of allylic oxidation sites excluding steroid dienone is 8. The van der Waals surface area contributed by atoms with E-state index in [-0.39, 0.29) is 24.9 Å². The van der Waals surface area contributed by atoms with Crippen molar-refractivity contribution in [3.8, 4) is 0 Å². The lowest BCUT2D eigenvalue weighted by molar-refractivity contribution is -0.151. The van der Waals surface area contributed by atoms with Gasteiger partial charge in [-0.2, -0.15) is 0 Å². The number of nitrogens with one attached hydrogen (secondary N) is 1. The predicted molar refractivity (Wildman–Crippen MR) is 250 cm³/mol. The Kier molecular flexibility index (Phi) is 44.2. The third-order valence-electron chi connectivity index (χ3n) is 11.2. The van der Waals surface area contributed by atoms with Crippen LogP contribution in [0.5, 0.6) is 0 Å². The van der Waals surface area contributed by atoms with Gasteiger partial charge in [-0.1, -0.05) is 211 Å². The number of carbonyl (C=O) groups is 2. The van der Waals surface area contributed by atoms with E-state index in [2.05, 4.69) is 74.7 Å². The number of unbranched alkanes of at least 4 members (excludes halogenated alkanes) is 26. The molecule has 0 aliphatic rings. The van der Waals surface area contributed by atoms with Crippen LogP contribution in [0.15, 0.2) is 48.6 Å². The fourth-order valence-corrected chi connectivity index (χ4v) is 7.36. The molecule has 0 heterocycles. The van der Waals surface area contributed by atoms with Crippen LogP contribution >= 0.6 is 0 Å². The normalized spacial score (nSPS) is 13.7. The molecule has 6 heteroatoms. The molecule has 3 N–H and O–H groups in total. The van der Waals surface area contributed by atoms with E-state index in [1.807, 2.05) is 0 Å². The standard InChI is InChI=1S/C52H95NO5/c1-4-7-10-13-16-19-21-23-25-26-28-30-33-36-39-42-45-52(57)58-48(43-40-37-34-32-29-27-24-22-20-17-14-11-8-5-2)46-51(56)53-49(47-54)50(55)44-41-38-35-31-18-15-12-9-6-3/h25-30,32,34,48-50,54-55H,4-24,31,33,35-47H2,1-3H3,(H,53,56)/b26-25+,29-27+,30-28+,34-32+. The van der Waals surface area contributed by atoms with Crippen molar-refractivity contribution in [2.75, 3.05) is 6.61 Å². The van der Waals surface area contributed by atoms with E-state index in [4.69, 9.17) is 4.74 Å². The van der Waals surface area contributed by atoms with Crippen LogP contribution in [-0.2, 0) is 14.3 Å². The zero-order valence-electron chi connectivity index (χ0n) is 38.4. The van der Waals surface area contributed by atoms with Crippen LogP contribution < -0.4 is 5.32 Å². The zero-order valence-corrected chi connectivity index (χ0v) is 38.4. The molecule has 0 radical (unpaired) electrons. The van der Waals surface area contributed by atoms with Crippen molar-refractivity contribution < 1.29 is 24.5 Å². The average Bonchev–Trinajstić information content (AvgIpc) is 3.22. The first-order valence-electron chi connectivity index (χ1n) is 24.9. The minimum absolute atomic E-state index is 0.0341. The van der Waals surface area contributed by atoms with Crippen molar-refractivity contribution in [3.63, 3.8) is 0 Å². The van der Waals surface area contributed by atoms with E-state index in [1.54, 1.807) is 0 Å². The van der Waals surface area contributed by atoms with Crippen LogP contribution in [-0.4, -0.2) is 46.9 Å². The van der Waals surface area contributed by atoms with Crippen LogP contribution in [0.2, 0.25) is 0 Å². The molecule has 0 bridgehead atoms. The van der Waals surface area contributed by atoms with Gasteiger partial charge in [-0.05, 0) is 70.6 Å². The number of aliphatic hydroxyl groups is 2. The summed E-state index contributed by atoms with van der Waals surface area (Å²) in [5, 5.41) is 23.6. The second kappa shape index (κ2) is 45.9. The van der Waals surface area contributed by atoms with Crippen molar-refractivity contribution in [2.45, 2.75) is 264 Å². The Morgan fingerprint density at radius 1 is 0.500 bits per heavy atom. The molecule has 6 nitrogen and oxygen atoms in total. The highest BCUT2D eigenvalue weighted by atomic mass is 16.5. The number of carbonyl (C=O) groups excluding carboxylic acids is 2. The molecule has 0 aromatic rings. The third-order valence-corrected chi connectivity index (χ3v) is 11.2. The number of aliphatic hydroxyl groups excluding tert-OH is 2. The summed E-state index contributed by atoms with van der Waals surface area (Å²) in [6, 6.07) is -0.719. The fraction of sp³-hybridized carbons (Fsp3) is 0.808. The molecular weight excluding hydrogens is 719 g/mol. The number of rotatable bonds is 44. The summed E-state index contributed by atoms with van der Waals surface area (Å²) < 4.78 is 5.88. The molecule has 0 aromatic heterocycles. The predicted octanol–water partition coefficient (Wildman–Crippen LogP) is 14.7. The van der Waals surface area contributed by atoms with Gasteiger partial charge in [-0.15, -0.1) is 0 Å². The number of hydrogen-bond donors (Lipinski definition) is 3. The molecule has 338 valence electrons. The second-order valence-electron chi connectivity index (χ2n) is 16.9. The second-order valence-corrected chi connectivity index (χ2v) is 16.9. The van der Waals surface area contributed by atoms with E-state index >= 15 is 0 Å². The van der Waals surface area contributed by atoms with Crippen molar-refractivity contribution in [1.82, 2.24) is 5.32 Å². The minimum atomic E-state index is -0.802. The topological polar surface area (TPSA) is 95.9 Å². The lowest BCUT2D eigenvalue weighted by Crippen LogP contribution is -2.46. The van der Waals surface area contributed by atoms with Crippen LogP contribution in [0.25, 0.3) is 0 Å². The maximum Gasteiger partial charge on any atom is 0.306 e. The highest BCUT2D eigenvalue weighted by Crippen LogP contribution is 2.16. The molecule has 3 unspecified atom stereocenters. The van der Waals surface area contributed by atoms with Gasteiger partial charge in [0, 0.05) is 6.42 Å². The van der Waals surface area contributed by atoms with Gasteiger partial charge in [-0.25, -0.2) is 0 Å². The summed E-state index contributed by atoms with van der Waals surface area (Å²) in [6.45, 7) is 6.43. The van der Waals surface area contributed by atoms with Crippen molar-refractivity contribution >= 4 is 11.9 Å². The molecular formula is C52H95NO5. The SMILES string of the molecule is CCCCCCCCC/C=C/C=C/CCCCCC(=O)OC(CCC/C=C/C=C/CCCCCCCCC)CC(=O)NC(CO)C(O)CCCCCCCCCCC. The summed E-state index contributed by atoms with van der Waals surface area (Å²) in [5.41, 5.74) is 0. The number of hydrogen-bond acceptors (Lipinski definition) is 5. The highest BCUT2D eigenvalue weighted by Gasteiger charge is 2.24. The maximum absolute atomic E-state index is 13.1.